The Balaban J connectivity index is 3.14. The number of ketones is 1. The van der Waals surface area contributed by atoms with Gasteiger partial charge in [-0.25, -0.2) is 8.78 Å². The molecule has 1 rings (SSSR count). The maximum absolute atomic E-state index is 13.5. The van der Waals surface area contributed by atoms with Crippen molar-refractivity contribution >= 4 is 21.7 Å². The summed E-state index contributed by atoms with van der Waals surface area (Å²) in [5.41, 5.74) is 0.393. The topological polar surface area (TPSA) is 20.3 Å². The molecule has 0 spiro atoms. The Labute approximate surface area is 107 Å². The molecule has 0 heterocycles. The van der Waals surface area contributed by atoms with Gasteiger partial charge in [0.25, 0.3) is 0 Å². The Bertz CT molecular complexity index is 484. The molecule has 1 aromatic rings. The minimum absolute atomic E-state index is 0.000129. The molecule has 1 aromatic carbocycles. The number of carbonyl (C=O) groups excluding carboxylic acids is 1. The fourth-order valence-electron chi connectivity index (χ4n) is 1.11. The van der Waals surface area contributed by atoms with Crippen LogP contribution in [0.15, 0.2) is 28.4 Å². The largest absolute Gasteiger partial charge is 0.381 e. The Hall–Kier alpha value is -1.23. The first-order chi connectivity index (χ1) is 7.82. The summed E-state index contributed by atoms with van der Waals surface area (Å²) in [6.07, 6.45) is 1.27. The van der Waals surface area contributed by atoms with Gasteiger partial charge in [-0.15, -0.1) is 0 Å². The van der Waals surface area contributed by atoms with Crippen molar-refractivity contribution in [2.75, 3.05) is 14.1 Å². The number of carbonyl (C=O) groups is 1. The highest BCUT2D eigenvalue weighted by Crippen LogP contribution is 2.20. The first-order valence-corrected chi connectivity index (χ1v) is 5.66. The van der Waals surface area contributed by atoms with Gasteiger partial charge >= 0.3 is 0 Å². The average Bonchev–Trinajstić information content (AvgIpc) is 2.22. The van der Waals surface area contributed by atoms with Gasteiger partial charge in [-0.3, -0.25) is 4.79 Å². The van der Waals surface area contributed by atoms with Crippen LogP contribution < -0.4 is 0 Å². The van der Waals surface area contributed by atoms with Gasteiger partial charge in [0.05, 0.1) is 10.0 Å². The second-order valence-electron chi connectivity index (χ2n) is 3.79. The number of benzene rings is 1. The summed E-state index contributed by atoms with van der Waals surface area (Å²) >= 11 is 2.85. The van der Waals surface area contributed by atoms with Crippen molar-refractivity contribution in [3.8, 4) is 0 Å². The van der Waals surface area contributed by atoms with Crippen LogP contribution in [0.4, 0.5) is 8.78 Å². The normalized spacial score (nSPS) is 11.5. The van der Waals surface area contributed by atoms with Crippen LogP contribution in [0.1, 0.15) is 17.3 Å². The van der Waals surface area contributed by atoms with Crippen molar-refractivity contribution in [2.24, 2.45) is 0 Å². The number of nitrogens with zero attached hydrogens (tertiary/aromatic N) is 1. The fraction of sp³-hybridized carbons (Fsp3) is 0.250. The summed E-state index contributed by atoms with van der Waals surface area (Å²) in [7, 11) is 3.52. The number of hydrogen-bond donors (Lipinski definition) is 0. The smallest absolute Gasteiger partial charge is 0.190 e. The van der Waals surface area contributed by atoms with E-state index in [4.69, 9.17) is 0 Å². The molecule has 17 heavy (non-hydrogen) atoms. The molecule has 0 fully saturated rings. The molecule has 0 bridgehead atoms. The maximum Gasteiger partial charge on any atom is 0.190 e. The minimum Gasteiger partial charge on any atom is -0.381 e. The van der Waals surface area contributed by atoms with Crippen LogP contribution in [0.5, 0.6) is 0 Å². The SMILES string of the molecule is C/C(=C\C(=O)c1cc(F)c(Br)cc1F)N(C)C. The first kappa shape index (κ1) is 13.8. The third-order valence-electron chi connectivity index (χ3n) is 2.32. The molecule has 5 heteroatoms. The van der Waals surface area contributed by atoms with Gasteiger partial charge in [0.2, 0.25) is 0 Å². The third kappa shape index (κ3) is 3.36. The quantitative estimate of drug-likeness (QED) is 0.485. The molecule has 2 nitrogen and oxygen atoms in total. The molecule has 0 saturated heterocycles. The van der Waals surface area contributed by atoms with E-state index in [1.54, 1.807) is 25.9 Å². The van der Waals surface area contributed by atoms with Crippen LogP contribution in [-0.4, -0.2) is 24.8 Å². The second-order valence-corrected chi connectivity index (χ2v) is 4.64. The summed E-state index contributed by atoms with van der Waals surface area (Å²) in [6.45, 7) is 1.71. The standard InChI is InChI=1S/C12H12BrF2NO/c1-7(16(2)3)4-12(17)8-5-11(15)9(13)6-10(8)14/h4-6H,1-3H3/b7-4+. The Morgan fingerprint density at radius 3 is 2.41 bits per heavy atom. The predicted octanol–water partition coefficient (Wildman–Crippen LogP) is 3.38. The van der Waals surface area contributed by atoms with Crippen molar-refractivity contribution in [1.29, 1.82) is 0 Å². The summed E-state index contributed by atoms with van der Waals surface area (Å²) in [6, 6.07) is 1.84. The Morgan fingerprint density at radius 1 is 1.29 bits per heavy atom. The maximum atomic E-state index is 13.5. The van der Waals surface area contributed by atoms with Crippen LogP contribution in [0.3, 0.4) is 0 Å². The second kappa shape index (κ2) is 5.40. The zero-order chi connectivity index (χ0) is 13.2. The van der Waals surface area contributed by atoms with Gasteiger partial charge in [0.15, 0.2) is 5.78 Å². The molecular formula is C12H12BrF2NO. The fourth-order valence-corrected chi connectivity index (χ4v) is 1.42. The number of hydrogen-bond acceptors (Lipinski definition) is 2. The molecule has 0 amide bonds. The van der Waals surface area contributed by atoms with E-state index in [2.05, 4.69) is 15.9 Å². The van der Waals surface area contributed by atoms with Crippen molar-refractivity contribution in [3.05, 3.63) is 45.6 Å². The summed E-state index contributed by atoms with van der Waals surface area (Å²) < 4.78 is 26.7. The molecule has 92 valence electrons. The van der Waals surface area contributed by atoms with Crippen molar-refractivity contribution in [3.63, 3.8) is 0 Å². The van der Waals surface area contributed by atoms with Crippen molar-refractivity contribution < 1.29 is 13.6 Å². The van der Waals surface area contributed by atoms with E-state index in [0.717, 1.165) is 12.1 Å². The number of rotatable bonds is 3. The lowest BCUT2D eigenvalue weighted by Crippen LogP contribution is -2.11. The van der Waals surface area contributed by atoms with Crippen LogP contribution in [-0.2, 0) is 0 Å². The molecule has 0 unspecified atom stereocenters. The highest BCUT2D eigenvalue weighted by Gasteiger charge is 2.14. The molecular weight excluding hydrogens is 292 g/mol. The first-order valence-electron chi connectivity index (χ1n) is 4.87. The molecule has 0 N–H and O–H groups in total. The average molecular weight is 304 g/mol. The third-order valence-corrected chi connectivity index (χ3v) is 2.93. The molecule has 0 saturated carbocycles. The lowest BCUT2D eigenvalue weighted by molar-refractivity contribution is 0.104. The molecule has 0 atom stereocenters. The molecule has 0 aromatic heterocycles. The van der Waals surface area contributed by atoms with E-state index in [0.29, 0.717) is 5.70 Å². The van der Waals surface area contributed by atoms with E-state index in [1.807, 2.05) is 0 Å². The molecule has 0 radical (unpaired) electrons. The minimum atomic E-state index is -0.744. The monoisotopic (exact) mass is 303 g/mol. The predicted molar refractivity (Wildman–Crippen MR) is 65.8 cm³/mol. The number of halogens is 3. The van der Waals surface area contributed by atoms with E-state index in [-0.39, 0.29) is 10.0 Å². The van der Waals surface area contributed by atoms with Gasteiger partial charge in [-0.1, -0.05) is 0 Å². The summed E-state index contributed by atoms with van der Waals surface area (Å²) in [4.78, 5) is 13.4. The van der Waals surface area contributed by atoms with Crippen LogP contribution in [0.25, 0.3) is 0 Å². The van der Waals surface area contributed by atoms with Crippen LogP contribution in [0, 0.1) is 11.6 Å². The van der Waals surface area contributed by atoms with Crippen molar-refractivity contribution in [1.82, 2.24) is 4.90 Å². The lowest BCUT2D eigenvalue weighted by atomic mass is 10.1. The van der Waals surface area contributed by atoms with Gasteiger partial charge in [0, 0.05) is 25.9 Å². The van der Waals surface area contributed by atoms with Crippen molar-refractivity contribution in [2.45, 2.75) is 6.92 Å². The van der Waals surface area contributed by atoms with Crippen LogP contribution in [0.2, 0.25) is 0 Å². The molecule has 0 aliphatic rings. The van der Waals surface area contributed by atoms with Gasteiger partial charge in [-0.2, -0.15) is 0 Å². The van der Waals surface area contributed by atoms with E-state index in [1.165, 1.54) is 6.08 Å². The summed E-state index contributed by atoms with van der Waals surface area (Å²) in [5.74, 6) is -1.96. The molecule has 0 aliphatic carbocycles. The van der Waals surface area contributed by atoms with E-state index >= 15 is 0 Å². The highest BCUT2D eigenvalue weighted by atomic mass is 79.9. The Kier molecular flexibility index (Phi) is 4.40. The highest BCUT2D eigenvalue weighted by molar-refractivity contribution is 9.10. The lowest BCUT2D eigenvalue weighted by Gasteiger charge is -2.12. The van der Waals surface area contributed by atoms with Crippen LogP contribution >= 0.6 is 15.9 Å². The zero-order valence-corrected chi connectivity index (χ0v) is 11.3. The Morgan fingerprint density at radius 2 is 1.88 bits per heavy atom. The number of allylic oxidation sites excluding steroid dienone is 2. The van der Waals surface area contributed by atoms with Gasteiger partial charge < -0.3 is 4.90 Å². The van der Waals surface area contributed by atoms with Gasteiger partial charge in [-0.05, 0) is 35.0 Å². The van der Waals surface area contributed by atoms with E-state index < -0.39 is 17.4 Å². The zero-order valence-electron chi connectivity index (χ0n) is 9.72. The molecule has 0 aliphatic heterocycles. The summed E-state index contributed by atoms with van der Waals surface area (Å²) in [5, 5.41) is 0. The van der Waals surface area contributed by atoms with E-state index in [9.17, 15) is 13.6 Å². The van der Waals surface area contributed by atoms with Gasteiger partial charge in [0.1, 0.15) is 11.6 Å².